The molecular formula is C15H23Cl3N2O6. The Labute approximate surface area is 167 Å². The zero-order valence-corrected chi connectivity index (χ0v) is 17.4. The molecule has 0 spiro atoms. The van der Waals surface area contributed by atoms with Crippen LogP contribution in [0.4, 0.5) is 9.59 Å². The molecule has 1 atom stereocenters. The Morgan fingerprint density at radius 3 is 2.19 bits per heavy atom. The summed E-state index contributed by atoms with van der Waals surface area (Å²) in [6, 6.07) is -1.10. The summed E-state index contributed by atoms with van der Waals surface area (Å²) in [5.41, 5.74) is -0.832. The van der Waals surface area contributed by atoms with Gasteiger partial charge < -0.3 is 14.2 Å². The van der Waals surface area contributed by atoms with Crippen LogP contribution in [0.1, 0.15) is 40.5 Å². The minimum atomic E-state index is -1.79. The number of esters is 1. The molecule has 0 unspecified atom stereocenters. The predicted octanol–water partition coefficient (Wildman–Crippen LogP) is 3.67. The van der Waals surface area contributed by atoms with Crippen LogP contribution < -0.4 is 0 Å². The Hall–Kier alpha value is -1.12. The maximum atomic E-state index is 12.6. The summed E-state index contributed by atoms with van der Waals surface area (Å²) in [6.07, 6.45) is -0.933. The van der Waals surface area contributed by atoms with Crippen LogP contribution in [0.15, 0.2) is 0 Å². The van der Waals surface area contributed by atoms with Crippen LogP contribution in [0, 0.1) is 0 Å². The lowest BCUT2D eigenvalue weighted by Gasteiger charge is -2.42. The molecule has 1 rings (SSSR count). The average Bonchev–Trinajstić information content (AvgIpc) is 2.49. The number of amides is 2. The molecule has 11 heteroatoms. The van der Waals surface area contributed by atoms with Crippen LogP contribution >= 0.6 is 34.8 Å². The third-order valence-corrected chi connectivity index (χ3v) is 3.44. The lowest BCUT2D eigenvalue weighted by atomic mass is 10.1. The second-order valence-corrected chi connectivity index (χ2v) is 9.04. The lowest BCUT2D eigenvalue weighted by Crippen LogP contribution is -2.61. The monoisotopic (exact) mass is 432 g/mol. The first-order valence-corrected chi connectivity index (χ1v) is 9.19. The second kappa shape index (κ2) is 9.19. The van der Waals surface area contributed by atoms with E-state index in [1.807, 2.05) is 0 Å². The van der Waals surface area contributed by atoms with Crippen molar-refractivity contribution in [2.75, 3.05) is 19.8 Å². The molecule has 0 aromatic rings. The van der Waals surface area contributed by atoms with Crippen molar-refractivity contribution in [3.8, 4) is 0 Å². The fourth-order valence-corrected chi connectivity index (χ4v) is 2.37. The van der Waals surface area contributed by atoms with E-state index in [2.05, 4.69) is 0 Å². The summed E-state index contributed by atoms with van der Waals surface area (Å²) in [5, 5.41) is 1.94. The Balaban J connectivity index is 3.05. The fourth-order valence-electron chi connectivity index (χ4n) is 2.21. The van der Waals surface area contributed by atoms with Gasteiger partial charge in [-0.15, -0.1) is 0 Å². The number of hydrogen-bond acceptors (Lipinski definition) is 6. The number of hydrogen-bond donors (Lipinski definition) is 0. The maximum Gasteiger partial charge on any atom is 0.430 e. The number of hydrazine groups is 1. The Morgan fingerprint density at radius 1 is 1.08 bits per heavy atom. The molecule has 8 nitrogen and oxygen atoms in total. The first kappa shape index (κ1) is 22.9. The van der Waals surface area contributed by atoms with E-state index < -0.39 is 40.2 Å². The van der Waals surface area contributed by atoms with Gasteiger partial charge in [-0.1, -0.05) is 34.8 Å². The van der Waals surface area contributed by atoms with Crippen LogP contribution in [-0.4, -0.2) is 63.4 Å². The van der Waals surface area contributed by atoms with E-state index in [1.54, 1.807) is 27.7 Å². The molecule has 0 aliphatic carbocycles. The minimum absolute atomic E-state index is 0.111. The first-order valence-electron chi connectivity index (χ1n) is 8.05. The van der Waals surface area contributed by atoms with Gasteiger partial charge in [0.05, 0.1) is 6.61 Å². The maximum absolute atomic E-state index is 12.6. The van der Waals surface area contributed by atoms with Gasteiger partial charge in [-0.05, 0) is 40.5 Å². The summed E-state index contributed by atoms with van der Waals surface area (Å²) < 4.78 is 13.5. The van der Waals surface area contributed by atoms with Crippen LogP contribution in [0.3, 0.4) is 0 Å². The van der Waals surface area contributed by atoms with Crippen molar-refractivity contribution in [3.05, 3.63) is 0 Å². The van der Waals surface area contributed by atoms with Crippen LogP contribution in [-0.2, 0) is 19.0 Å². The van der Waals surface area contributed by atoms with Gasteiger partial charge >= 0.3 is 18.2 Å². The molecule has 0 saturated carbocycles. The van der Waals surface area contributed by atoms with Gasteiger partial charge in [0.2, 0.25) is 3.79 Å². The van der Waals surface area contributed by atoms with Crippen molar-refractivity contribution in [1.82, 2.24) is 10.0 Å². The van der Waals surface area contributed by atoms with Crippen molar-refractivity contribution >= 4 is 53.0 Å². The van der Waals surface area contributed by atoms with Gasteiger partial charge in [-0.2, -0.15) is 5.01 Å². The van der Waals surface area contributed by atoms with Crippen LogP contribution in [0.25, 0.3) is 0 Å². The molecule has 150 valence electrons. The highest BCUT2D eigenvalue weighted by Crippen LogP contribution is 2.28. The Kier molecular flexibility index (Phi) is 8.10. The molecule has 26 heavy (non-hydrogen) atoms. The predicted molar refractivity (Wildman–Crippen MR) is 96.1 cm³/mol. The van der Waals surface area contributed by atoms with Crippen molar-refractivity contribution in [1.29, 1.82) is 0 Å². The highest BCUT2D eigenvalue weighted by Gasteiger charge is 2.43. The zero-order valence-electron chi connectivity index (χ0n) is 15.1. The quantitative estimate of drug-likeness (QED) is 0.383. The molecule has 1 aliphatic heterocycles. The van der Waals surface area contributed by atoms with E-state index in [1.165, 1.54) is 0 Å². The molecule has 0 aromatic carbocycles. The van der Waals surface area contributed by atoms with Gasteiger partial charge in [0.25, 0.3) is 0 Å². The Morgan fingerprint density at radius 2 is 1.69 bits per heavy atom. The first-order chi connectivity index (χ1) is 11.9. The molecule has 1 aliphatic rings. The number of ether oxygens (including phenoxy) is 3. The number of carbonyl (C=O) groups is 3. The van der Waals surface area contributed by atoms with Crippen molar-refractivity contribution in [3.63, 3.8) is 0 Å². The number of alkyl halides is 3. The number of rotatable bonds is 3. The van der Waals surface area contributed by atoms with E-state index in [0.717, 1.165) is 10.0 Å². The summed E-state index contributed by atoms with van der Waals surface area (Å²) in [5.74, 6) is -0.809. The van der Waals surface area contributed by atoms with Gasteiger partial charge in [0, 0.05) is 6.54 Å². The smallest absolute Gasteiger partial charge is 0.430 e. The normalized spacial score (nSPS) is 18.3. The van der Waals surface area contributed by atoms with Crippen LogP contribution in [0.5, 0.6) is 0 Å². The molecule has 0 N–H and O–H groups in total. The fraction of sp³-hybridized carbons (Fsp3) is 0.800. The molecule has 0 bridgehead atoms. The highest BCUT2D eigenvalue weighted by molar-refractivity contribution is 6.67. The topological polar surface area (TPSA) is 85.4 Å². The SMILES string of the molecule is CCOC(=O)N1CCC[C@@H](C(=O)OCC(Cl)(Cl)Cl)N1C(=O)OC(C)(C)C. The summed E-state index contributed by atoms with van der Waals surface area (Å²) in [7, 11) is 0. The van der Waals surface area contributed by atoms with E-state index in [9.17, 15) is 14.4 Å². The van der Waals surface area contributed by atoms with Crippen molar-refractivity contribution in [2.45, 2.75) is 56.0 Å². The molecule has 1 fully saturated rings. The number of halogens is 3. The third kappa shape index (κ3) is 7.25. The lowest BCUT2D eigenvalue weighted by molar-refractivity contribution is -0.160. The van der Waals surface area contributed by atoms with E-state index >= 15 is 0 Å². The van der Waals surface area contributed by atoms with E-state index in [0.29, 0.717) is 6.42 Å². The molecule has 1 heterocycles. The summed E-state index contributed by atoms with van der Waals surface area (Å²) in [6.45, 7) is 6.44. The number of carbonyl (C=O) groups excluding carboxylic acids is 3. The van der Waals surface area contributed by atoms with Crippen molar-refractivity contribution in [2.24, 2.45) is 0 Å². The largest absolute Gasteiger partial charge is 0.460 e. The number of nitrogens with zero attached hydrogens (tertiary/aromatic N) is 2. The van der Waals surface area contributed by atoms with Crippen LogP contribution in [0.2, 0.25) is 0 Å². The minimum Gasteiger partial charge on any atom is -0.460 e. The zero-order chi connectivity index (χ0) is 20.1. The van der Waals surface area contributed by atoms with Gasteiger partial charge in [0.1, 0.15) is 12.2 Å². The van der Waals surface area contributed by atoms with Crippen molar-refractivity contribution < 1.29 is 28.6 Å². The van der Waals surface area contributed by atoms with Gasteiger partial charge in [-0.25, -0.2) is 19.4 Å². The van der Waals surface area contributed by atoms with Gasteiger partial charge in [-0.3, -0.25) is 0 Å². The van der Waals surface area contributed by atoms with E-state index in [4.69, 9.17) is 49.0 Å². The third-order valence-electron chi connectivity index (χ3n) is 3.11. The molecule has 2 amide bonds. The second-order valence-electron chi connectivity index (χ2n) is 6.53. The molecule has 1 saturated heterocycles. The molecule has 0 radical (unpaired) electrons. The highest BCUT2D eigenvalue weighted by atomic mass is 35.6. The Bertz CT molecular complexity index is 532. The van der Waals surface area contributed by atoms with E-state index in [-0.39, 0.29) is 19.6 Å². The summed E-state index contributed by atoms with van der Waals surface area (Å²) in [4.78, 5) is 37.2. The molecular weight excluding hydrogens is 411 g/mol. The standard InChI is InChI=1S/C15H23Cl3N2O6/c1-5-24-12(22)19-8-6-7-10(11(21)25-9-15(16,17)18)20(19)13(23)26-14(2,3)4/h10H,5-9H2,1-4H3/t10-/m0/s1. The molecule has 0 aromatic heterocycles. The summed E-state index contributed by atoms with van der Waals surface area (Å²) >= 11 is 16.8. The average molecular weight is 434 g/mol. The van der Waals surface area contributed by atoms with Gasteiger partial charge in [0.15, 0.2) is 6.04 Å².